The van der Waals surface area contributed by atoms with Crippen LogP contribution in [0.3, 0.4) is 0 Å². The average Bonchev–Trinajstić information content (AvgIpc) is 3.10. The van der Waals surface area contributed by atoms with Gasteiger partial charge in [-0.15, -0.1) is 11.3 Å². The lowest BCUT2D eigenvalue weighted by Crippen LogP contribution is -2.44. The minimum Gasteiger partial charge on any atom is -0.465 e. The molecule has 1 saturated heterocycles. The third kappa shape index (κ3) is 4.10. The SMILES string of the molecule is CCOC(=O)Cn1c(=O)c2c3c(sc2n(CCN2CCOCC2)c1=O)CC[C@H](C)C3. The second-order valence-electron chi connectivity index (χ2n) is 8.12. The van der Waals surface area contributed by atoms with E-state index in [0.29, 0.717) is 37.6 Å². The number of nitrogens with zero attached hydrogens (tertiary/aromatic N) is 3. The third-order valence-electron chi connectivity index (χ3n) is 5.99. The van der Waals surface area contributed by atoms with Crippen LogP contribution in [0.25, 0.3) is 10.2 Å². The number of ether oxygens (including phenoxy) is 2. The molecule has 0 spiro atoms. The van der Waals surface area contributed by atoms with Gasteiger partial charge in [0, 0.05) is 31.1 Å². The number of morpholine rings is 1. The summed E-state index contributed by atoms with van der Waals surface area (Å²) in [5, 5.41) is 0.618. The molecule has 2 aromatic rings. The first kappa shape index (κ1) is 21.3. The first-order valence-corrected chi connectivity index (χ1v) is 11.5. The summed E-state index contributed by atoms with van der Waals surface area (Å²) in [6.45, 7) is 8.00. The second-order valence-corrected chi connectivity index (χ2v) is 9.20. The van der Waals surface area contributed by atoms with Gasteiger partial charge in [-0.2, -0.15) is 0 Å². The molecule has 2 aliphatic rings. The Morgan fingerprint density at radius 2 is 1.97 bits per heavy atom. The molecule has 0 saturated carbocycles. The van der Waals surface area contributed by atoms with Crippen molar-refractivity contribution in [1.29, 1.82) is 0 Å². The zero-order chi connectivity index (χ0) is 21.3. The first-order valence-electron chi connectivity index (χ1n) is 10.7. The molecule has 0 unspecified atom stereocenters. The molecule has 0 bridgehead atoms. The number of carbonyl (C=O) groups excluding carboxylic acids is 1. The smallest absolute Gasteiger partial charge is 0.332 e. The fraction of sp³-hybridized carbons (Fsp3) is 0.667. The molecule has 30 heavy (non-hydrogen) atoms. The Balaban J connectivity index is 1.80. The predicted octanol–water partition coefficient (Wildman–Crippen LogP) is 1.24. The van der Waals surface area contributed by atoms with Crippen LogP contribution in [0.5, 0.6) is 0 Å². The van der Waals surface area contributed by atoms with Crippen LogP contribution in [0.15, 0.2) is 9.59 Å². The molecule has 1 aliphatic carbocycles. The quantitative estimate of drug-likeness (QED) is 0.635. The Morgan fingerprint density at radius 1 is 1.20 bits per heavy atom. The van der Waals surface area contributed by atoms with Gasteiger partial charge >= 0.3 is 11.7 Å². The molecule has 4 rings (SSSR count). The molecular formula is C21H29N3O5S. The van der Waals surface area contributed by atoms with Crippen molar-refractivity contribution in [2.24, 2.45) is 5.92 Å². The summed E-state index contributed by atoms with van der Waals surface area (Å²) in [6.07, 6.45) is 2.87. The zero-order valence-electron chi connectivity index (χ0n) is 17.6. The lowest BCUT2D eigenvalue weighted by Gasteiger charge is -2.26. The van der Waals surface area contributed by atoms with Crippen molar-refractivity contribution in [3.05, 3.63) is 31.3 Å². The van der Waals surface area contributed by atoms with Gasteiger partial charge in [0.25, 0.3) is 5.56 Å². The van der Waals surface area contributed by atoms with Crippen molar-refractivity contribution < 1.29 is 14.3 Å². The molecule has 3 heterocycles. The molecule has 1 fully saturated rings. The van der Waals surface area contributed by atoms with Crippen molar-refractivity contribution in [3.63, 3.8) is 0 Å². The van der Waals surface area contributed by atoms with E-state index in [1.807, 2.05) is 0 Å². The molecule has 2 aromatic heterocycles. The van der Waals surface area contributed by atoms with E-state index < -0.39 is 11.7 Å². The standard InChI is InChI=1S/C21H29N3O5S/c1-3-29-17(25)13-24-19(26)18-15-12-14(2)4-5-16(15)30-20(18)23(21(24)27)7-6-22-8-10-28-11-9-22/h14H,3-13H2,1-2H3/t14-/m0/s1. The molecule has 0 N–H and O–H groups in total. The largest absolute Gasteiger partial charge is 0.465 e. The number of fused-ring (bicyclic) bond motifs is 3. The van der Waals surface area contributed by atoms with Gasteiger partial charge in [0.05, 0.1) is 25.2 Å². The Labute approximate surface area is 179 Å². The van der Waals surface area contributed by atoms with E-state index in [2.05, 4.69) is 11.8 Å². The van der Waals surface area contributed by atoms with E-state index in [9.17, 15) is 14.4 Å². The third-order valence-corrected chi connectivity index (χ3v) is 7.31. The van der Waals surface area contributed by atoms with Gasteiger partial charge in [-0.25, -0.2) is 9.36 Å². The first-order chi connectivity index (χ1) is 14.5. The lowest BCUT2D eigenvalue weighted by molar-refractivity contribution is -0.143. The fourth-order valence-electron chi connectivity index (χ4n) is 4.35. The highest BCUT2D eigenvalue weighted by atomic mass is 32.1. The van der Waals surface area contributed by atoms with Crippen molar-refractivity contribution in [2.45, 2.75) is 46.2 Å². The van der Waals surface area contributed by atoms with Crippen molar-refractivity contribution in [3.8, 4) is 0 Å². The van der Waals surface area contributed by atoms with Crippen LogP contribution in [0.2, 0.25) is 0 Å². The summed E-state index contributed by atoms with van der Waals surface area (Å²) < 4.78 is 13.2. The topological polar surface area (TPSA) is 82.8 Å². The molecule has 1 atom stereocenters. The summed E-state index contributed by atoms with van der Waals surface area (Å²) in [4.78, 5) is 42.9. The number of thiophene rings is 1. The molecule has 1 aliphatic heterocycles. The monoisotopic (exact) mass is 435 g/mol. The van der Waals surface area contributed by atoms with Gasteiger partial charge in [0.15, 0.2) is 0 Å². The van der Waals surface area contributed by atoms with Crippen molar-refractivity contribution >= 4 is 27.5 Å². The Hall–Kier alpha value is -1.97. The highest BCUT2D eigenvalue weighted by Gasteiger charge is 2.26. The van der Waals surface area contributed by atoms with Gasteiger partial charge < -0.3 is 9.47 Å². The summed E-state index contributed by atoms with van der Waals surface area (Å²) in [5.74, 6) is -0.0600. The van der Waals surface area contributed by atoms with E-state index in [1.54, 1.807) is 22.8 Å². The van der Waals surface area contributed by atoms with Crippen LogP contribution in [0, 0.1) is 5.92 Å². The Morgan fingerprint density at radius 3 is 2.70 bits per heavy atom. The van der Waals surface area contributed by atoms with E-state index in [0.717, 1.165) is 47.3 Å². The molecule has 0 radical (unpaired) electrons. The zero-order valence-corrected chi connectivity index (χ0v) is 18.5. The predicted molar refractivity (Wildman–Crippen MR) is 115 cm³/mol. The molecule has 0 aromatic carbocycles. The van der Waals surface area contributed by atoms with Crippen LogP contribution < -0.4 is 11.2 Å². The van der Waals surface area contributed by atoms with Gasteiger partial charge in [-0.3, -0.25) is 19.1 Å². The number of aryl methyl sites for hydroxylation is 1. The molecule has 0 amide bonds. The van der Waals surface area contributed by atoms with Crippen molar-refractivity contribution in [2.75, 3.05) is 39.5 Å². The maximum atomic E-state index is 13.3. The molecule has 9 heteroatoms. The van der Waals surface area contributed by atoms with Gasteiger partial charge in [0.2, 0.25) is 0 Å². The van der Waals surface area contributed by atoms with E-state index >= 15 is 0 Å². The average molecular weight is 436 g/mol. The Bertz CT molecular complexity index is 1050. The van der Waals surface area contributed by atoms with E-state index in [4.69, 9.17) is 9.47 Å². The number of aromatic nitrogens is 2. The second kappa shape index (κ2) is 9.03. The summed E-state index contributed by atoms with van der Waals surface area (Å²) in [6, 6.07) is 0. The number of esters is 1. The van der Waals surface area contributed by atoms with Gasteiger partial charge in [-0.05, 0) is 37.7 Å². The number of hydrogen-bond acceptors (Lipinski definition) is 7. The summed E-state index contributed by atoms with van der Waals surface area (Å²) >= 11 is 1.57. The van der Waals surface area contributed by atoms with Crippen LogP contribution >= 0.6 is 11.3 Å². The molecule has 164 valence electrons. The summed E-state index contributed by atoms with van der Waals surface area (Å²) in [7, 11) is 0. The Kier molecular flexibility index (Phi) is 6.40. The van der Waals surface area contributed by atoms with E-state index in [-0.39, 0.29) is 18.7 Å². The van der Waals surface area contributed by atoms with E-state index in [1.165, 1.54) is 4.88 Å². The maximum absolute atomic E-state index is 13.3. The molecule has 8 nitrogen and oxygen atoms in total. The van der Waals surface area contributed by atoms with Crippen LogP contribution in [-0.4, -0.2) is 59.5 Å². The number of rotatable bonds is 6. The van der Waals surface area contributed by atoms with Crippen LogP contribution in [-0.2, 0) is 40.2 Å². The highest BCUT2D eigenvalue weighted by molar-refractivity contribution is 7.18. The van der Waals surface area contributed by atoms with Crippen LogP contribution in [0.4, 0.5) is 0 Å². The van der Waals surface area contributed by atoms with Crippen LogP contribution in [0.1, 0.15) is 30.7 Å². The lowest BCUT2D eigenvalue weighted by atomic mass is 9.89. The highest BCUT2D eigenvalue weighted by Crippen LogP contribution is 2.36. The summed E-state index contributed by atoms with van der Waals surface area (Å²) in [5.41, 5.74) is 0.272. The maximum Gasteiger partial charge on any atom is 0.332 e. The number of carbonyl (C=O) groups is 1. The normalized spacial score (nSPS) is 19.7. The molecular weight excluding hydrogens is 406 g/mol. The minimum absolute atomic E-state index is 0.215. The van der Waals surface area contributed by atoms with Crippen molar-refractivity contribution in [1.82, 2.24) is 14.0 Å². The number of hydrogen-bond donors (Lipinski definition) is 0. The minimum atomic E-state index is -0.562. The van der Waals surface area contributed by atoms with Gasteiger partial charge in [0.1, 0.15) is 11.4 Å². The van der Waals surface area contributed by atoms with Gasteiger partial charge in [-0.1, -0.05) is 6.92 Å². The fourth-order valence-corrected chi connectivity index (χ4v) is 5.70.